The first-order valence-corrected chi connectivity index (χ1v) is 9.21. The molecule has 1 aromatic carbocycles. The molecule has 0 spiro atoms. The largest absolute Gasteiger partial charge is 0.486 e. The Kier molecular flexibility index (Phi) is 3.84. The van der Waals surface area contributed by atoms with Crippen LogP contribution in [0.4, 0.5) is 5.82 Å². The van der Waals surface area contributed by atoms with Crippen molar-refractivity contribution in [1.82, 2.24) is 19.5 Å². The van der Waals surface area contributed by atoms with Crippen molar-refractivity contribution in [2.75, 3.05) is 18.5 Å². The topological polar surface area (TPSA) is 74.1 Å². The minimum atomic E-state index is -0.0737. The number of aryl methyl sites for hydroxylation is 2. The van der Waals surface area contributed by atoms with E-state index in [0.717, 1.165) is 47.3 Å². The van der Waals surface area contributed by atoms with Gasteiger partial charge in [-0.25, -0.2) is 15.0 Å². The van der Waals surface area contributed by atoms with E-state index in [0.29, 0.717) is 13.2 Å². The quantitative estimate of drug-likeness (QED) is 0.782. The average Bonchev–Trinajstić information content (AvgIpc) is 2.88. The van der Waals surface area contributed by atoms with Crippen molar-refractivity contribution < 1.29 is 9.47 Å². The molecular formula is C19H21N5O2. The molecule has 1 atom stereocenters. The highest BCUT2D eigenvalue weighted by molar-refractivity contribution is 5.83. The Morgan fingerprint density at radius 1 is 1.12 bits per heavy atom. The molecule has 2 aliphatic heterocycles. The number of nitrogens with one attached hydrogen (secondary N) is 1. The molecule has 134 valence electrons. The van der Waals surface area contributed by atoms with Crippen molar-refractivity contribution >= 4 is 17.0 Å². The molecule has 7 heteroatoms. The van der Waals surface area contributed by atoms with Crippen LogP contribution in [0.5, 0.6) is 11.5 Å². The van der Waals surface area contributed by atoms with Crippen LogP contribution in [0.2, 0.25) is 0 Å². The summed E-state index contributed by atoms with van der Waals surface area (Å²) in [5.41, 5.74) is 1.77. The third kappa shape index (κ3) is 2.73. The Labute approximate surface area is 151 Å². The van der Waals surface area contributed by atoms with Crippen molar-refractivity contribution in [1.29, 1.82) is 0 Å². The standard InChI is InChI=1S/C19H21N5O2/c1-2-8-16-23-17-18(21-12-22-19(17)24(16)9-5-1)20-10-13-11-25-14-6-3-4-7-15(14)26-13/h3-4,6-7,12-13H,1-2,5,8-11H2,(H,20,21,22). The zero-order chi connectivity index (χ0) is 17.3. The number of hydrogen-bond donors (Lipinski definition) is 1. The van der Waals surface area contributed by atoms with Gasteiger partial charge in [0, 0.05) is 13.0 Å². The van der Waals surface area contributed by atoms with E-state index >= 15 is 0 Å². The molecular weight excluding hydrogens is 330 g/mol. The van der Waals surface area contributed by atoms with Crippen molar-refractivity contribution in [3.05, 3.63) is 36.4 Å². The molecule has 2 aromatic heterocycles. The van der Waals surface area contributed by atoms with Gasteiger partial charge in [0.1, 0.15) is 24.9 Å². The lowest BCUT2D eigenvalue weighted by Gasteiger charge is -2.26. The summed E-state index contributed by atoms with van der Waals surface area (Å²) in [5, 5.41) is 3.38. The highest BCUT2D eigenvalue weighted by atomic mass is 16.6. The molecule has 1 unspecified atom stereocenters. The van der Waals surface area contributed by atoms with Crippen LogP contribution in [0.1, 0.15) is 25.1 Å². The number of benzene rings is 1. The minimum Gasteiger partial charge on any atom is -0.486 e. The third-order valence-corrected chi connectivity index (χ3v) is 4.96. The molecule has 1 N–H and O–H groups in total. The smallest absolute Gasteiger partial charge is 0.165 e. The van der Waals surface area contributed by atoms with Gasteiger partial charge in [-0.3, -0.25) is 0 Å². The molecule has 0 aliphatic carbocycles. The summed E-state index contributed by atoms with van der Waals surface area (Å²) in [6, 6.07) is 7.74. The van der Waals surface area contributed by atoms with Crippen LogP contribution in [-0.4, -0.2) is 38.8 Å². The normalized spacial score (nSPS) is 19.0. The lowest BCUT2D eigenvalue weighted by atomic mass is 10.2. The predicted molar refractivity (Wildman–Crippen MR) is 97.7 cm³/mol. The van der Waals surface area contributed by atoms with E-state index in [2.05, 4.69) is 19.9 Å². The molecule has 0 saturated carbocycles. The van der Waals surface area contributed by atoms with E-state index in [1.165, 1.54) is 19.3 Å². The lowest BCUT2D eigenvalue weighted by molar-refractivity contribution is 0.0997. The Morgan fingerprint density at radius 3 is 3.00 bits per heavy atom. The maximum Gasteiger partial charge on any atom is 0.165 e. The number of fused-ring (bicyclic) bond motifs is 4. The molecule has 0 radical (unpaired) electrons. The summed E-state index contributed by atoms with van der Waals surface area (Å²) in [6.45, 7) is 2.10. The van der Waals surface area contributed by atoms with Gasteiger partial charge in [0.15, 0.2) is 28.5 Å². The maximum atomic E-state index is 6.01. The zero-order valence-corrected chi connectivity index (χ0v) is 14.5. The van der Waals surface area contributed by atoms with Gasteiger partial charge in [-0.05, 0) is 25.0 Å². The number of para-hydroxylation sites is 2. The fourth-order valence-corrected chi connectivity index (χ4v) is 3.64. The van der Waals surface area contributed by atoms with E-state index in [1.807, 2.05) is 24.3 Å². The van der Waals surface area contributed by atoms with Crippen molar-refractivity contribution in [3.63, 3.8) is 0 Å². The molecule has 5 rings (SSSR count). The molecule has 0 amide bonds. The SMILES string of the molecule is c1ccc2c(c1)OCC(CNc1ncnc3c1nc1n3CCCCC1)O2. The average molecular weight is 351 g/mol. The van der Waals surface area contributed by atoms with E-state index in [9.17, 15) is 0 Å². The molecule has 2 aliphatic rings. The van der Waals surface area contributed by atoms with Gasteiger partial charge in [-0.1, -0.05) is 18.6 Å². The first-order chi connectivity index (χ1) is 12.9. The van der Waals surface area contributed by atoms with E-state index in [1.54, 1.807) is 6.33 Å². The molecule has 3 aromatic rings. The number of ether oxygens (including phenoxy) is 2. The Hall–Kier alpha value is -2.83. The monoisotopic (exact) mass is 351 g/mol. The van der Waals surface area contributed by atoms with Crippen LogP contribution < -0.4 is 14.8 Å². The third-order valence-electron chi connectivity index (χ3n) is 4.96. The number of imidazole rings is 1. The maximum absolute atomic E-state index is 6.01. The first kappa shape index (κ1) is 15.4. The molecule has 0 bridgehead atoms. The highest BCUT2D eigenvalue weighted by Gasteiger charge is 2.22. The van der Waals surface area contributed by atoms with Gasteiger partial charge in [-0.15, -0.1) is 0 Å². The van der Waals surface area contributed by atoms with Gasteiger partial charge in [0.25, 0.3) is 0 Å². The van der Waals surface area contributed by atoms with Crippen LogP contribution in [0, 0.1) is 0 Å². The minimum absolute atomic E-state index is 0.0737. The van der Waals surface area contributed by atoms with Gasteiger partial charge < -0.3 is 19.4 Å². The van der Waals surface area contributed by atoms with Crippen molar-refractivity contribution in [3.8, 4) is 11.5 Å². The van der Waals surface area contributed by atoms with Crippen LogP contribution >= 0.6 is 0 Å². The van der Waals surface area contributed by atoms with Gasteiger partial charge in [0.05, 0.1) is 6.54 Å². The molecule has 0 fully saturated rings. The highest BCUT2D eigenvalue weighted by Crippen LogP contribution is 2.31. The number of anilines is 1. The number of aromatic nitrogens is 4. The summed E-state index contributed by atoms with van der Waals surface area (Å²) in [6.07, 6.45) is 6.16. The summed E-state index contributed by atoms with van der Waals surface area (Å²) in [5.74, 6) is 3.46. The van der Waals surface area contributed by atoms with Gasteiger partial charge in [-0.2, -0.15) is 0 Å². The predicted octanol–water partition coefficient (Wildman–Crippen LogP) is 2.80. The summed E-state index contributed by atoms with van der Waals surface area (Å²) in [7, 11) is 0. The van der Waals surface area contributed by atoms with Crippen molar-refractivity contribution in [2.45, 2.75) is 38.3 Å². The van der Waals surface area contributed by atoms with E-state index in [4.69, 9.17) is 14.5 Å². The van der Waals surface area contributed by atoms with Crippen LogP contribution in [0.15, 0.2) is 30.6 Å². The van der Waals surface area contributed by atoms with Crippen LogP contribution in [0.3, 0.4) is 0 Å². The Balaban J connectivity index is 1.36. The van der Waals surface area contributed by atoms with Gasteiger partial charge in [0.2, 0.25) is 0 Å². The molecule has 0 saturated heterocycles. The second kappa shape index (κ2) is 6.48. The van der Waals surface area contributed by atoms with E-state index < -0.39 is 0 Å². The Morgan fingerprint density at radius 2 is 2.04 bits per heavy atom. The lowest BCUT2D eigenvalue weighted by Crippen LogP contribution is -2.35. The zero-order valence-electron chi connectivity index (χ0n) is 14.5. The van der Waals surface area contributed by atoms with Crippen LogP contribution in [-0.2, 0) is 13.0 Å². The first-order valence-electron chi connectivity index (χ1n) is 9.21. The molecule has 7 nitrogen and oxygen atoms in total. The molecule has 26 heavy (non-hydrogen) atoms. The second-order valence-electron chi connectivity index (χ2n) is 6.76. The summed E-state index contributed by atoms with van der Waals surface area (Å²) in [4.78, 5) is 13.7. The summed E-state index contributed by atoms with van der Waals surface area (Å²) >= 11 is 0. The van der Waals surface area contributed by atoms with E-state index in [-0.39, 0.29) is 6.10 Å². The number of hydrogen-bond acceptors (Lipinski definition) is 6. The summed E-state index contributed by atoms with van der Waals surface area (Å²) < 4.78 is 14.0. The molecule has 4 heterocycles. The number of nitrogens with zero attached hydrogens (tertiary/aromatic N) is 4. The van der Waals surface area contributed by atoms with Gasteiger partial charge >= 0.3 is 0 Å². The fraction of sp³-hybridized carbons (Fsp3) is 0.421. The fourth-order valence-electron chi connectivity index (χ4n) is 3.64. The number of rotatable bonds is 3. The Bertz CT molecular complexity index is 939. The van der Waals surface area contributed by atoms with Crippen LogP contribution in [0.25, 0.3) is 11.2 Å². The van der Waals surface area contributed by atoms with Crippen molar-refractivity contribution in [2.24, 2.45) is 0 Å². The second-order valence-corrected chi connectivity index (χ2v) is 6.76.